The van der Waals surface area contributed by atoms with Crippen LogP contribution in [0.1, 0.15) is 16.8 Å². The van der Waals surface area contributed by atoms with E-state index in [2.05, 4.69) is 0 Å². The Morgan fingerprint density at radius 1 is 0.926 bits per heavy atom. The van der Waals surface area contributed by atoms with Crippen molar-refractivity contribution < 1.29 is 18.7 Å². The van der Waals surface area contributed by atoms with Gasteiger partial charge in [-0.1, -0.05) is 11.6 Å². The van der Waals surface area contributed by atoms with Gasteiger partial charge >= 0.3 is 0 Å². The molecule has 0 unspecified atom stereocenters. The molecule has 1 aliphatic rings. The van der Waals surface area contributed by atoms with Crippen molar-refractivity contribution in [1.29, 1.82) is 0 Å². The number of benzene rings is 2. The molecule has 1 fully saturated rings. The Hall–Kier alpha value is -2.60. The van der Waals surface area contributed by atoms with Crippen LogP contribution >= 0.6 is 11.6 Å². The predicted octanol–water partition coefficient (Wildman–Crippen LogP) is 3.23. The van der Waals surface area contributed by atoms with Crippen molar-refractivity contribution in [3.8, 4) is 5.75 Å². The minimum atomic E-state index is -0.329. The van der Waals surface area contributed by atoms with Gasteiger partial charge in [0.25, 0.3) is 5.91 Å². The summed E-state index contributed by atoms with van der Waals surface area (Å²) in [4.78, 5) is 28.2. The number of ether oxygens (including phenoxy) is 1. The quantitative estimate of drug-likeness (QED) is 0.787. The Balaban J connectivity index is 1.42. The van der Waals surface area contributed by atoms with Crippen molar-refractivity contribution in [2.75, 3.05) is 32.8 Å². The van der Waals surface area contributed by atoms with Crippen LogP contribution in [0.5, 0.6) is 5.75 Å². The van der Waals surface area contributed by atoms with Gasteiger partial charge in [-0.2, -0.15) is 0 Å². The summed E-state index contributed by atoms with van der Waals surface area (Å²) in [6.07, 6.45) is 0.239. The summed E-state index contributed by atoms with van der Waals surface area (Å²) < 4.78 is 18.3. The van der Waals surface area contributed by atoms with E-state index >= 15 is 0 Å². The van der Waals surface area contributed by atoms with Gasteiger partial charge in [0.15, 0.2) is 0 Å². The van der Waals surface area contributed by atoms with Crippen LogP contribution in [-0.2, 0) is 4.79 Å². The highest BCUT2D eigenvalue weighted by atomic mass is 35.5. The van der Waals surface area contributed by atoms with E-state index in [9.17, 15) is 14.0 Å². The van der Waals surface area contributed by atoms with Gasteiger partial charge in [0, 0.05) is 36.8 Å². The molecule has 1 heterocycles. The summed E-state index contributed by atoms with van der Waals surface area (Å²) in [6, 6.07) is 12.5. The molecule has 0 bridgehead atoms. The first-order valence-corrected chi connectivity index (χ1v) is 9.12. The lowest BCUT2D eigenvalue weighted by molar-refractivity contribution is -0.133. The topological polar surface area (TPSA) is 49.9 Å². The third kappa shape index (κ3) is 5.20. The average molecular weight is 391 g/mol. The summed E-state index contributed by atoms with van der Waals surface area (Å²) in [5.41, 5.74) is 0.590. The molecule has 0 saturated carbocycles. The first-order valence-electron chi connectivity index (χ1n) is 8.74. The molecule has 142 valence electrons. The van der Waals surface area contributed by atoms with Gasteiger partial charge in [0.2, 0.25) is 5.91 Å². The Kier molecular flexibility index (Phi) is 6.29. The molecule has 2 aromatic rings. The van der Waals surface area contributed by atoms with Gasteiger partial charge in [-0.15, -0.1) is 0 Å². The molecule has 1 saturated heterocycles. The maximum absolute atomic E-state index is 12.8. The number of nitrogens with zero attached hydrogens (tertiary/aromatic N) is 2. The number of halogens is 2. The highest BCUT2D eigenvalue weighted by Gasteiger charge is 2.24. The second-order valence-electron chi connectivity index (χ2n) is 6.23. The van der Waals surface area contributed by atoms with E-state index in [-0.39, 0.29) is 30.7 Å². The standard InChI is InChI=1S/C20H20ClFN2O3/c21-16-3-1-15(2-4-16)20(26)24-12-10-23(11-13-24)19(25)9-14-27-18-7-5-17(22)6-8-18/h1-8H,9-14H2. The van der Waals surface area contributed by atoms with Crippen molar-refractivity contribution in [3.05, 3.63) is 64.9 Å². The molecule has 0 aliphatic carbocycles. The number of carbonyl (C=O) groups is 2. The van der Waals surface area contributed by atoms with Crippen LogP contribution in [0, 0.1) is 5.82 Å². The third-order valence-electron chi connectivity index (χ3n) is 4.41. The summed E-state index contributed by atoms with van der Waals surface area (Å²) >= 11 is 5.85. The fourth-order valence-electron chi connectivity index (χ4n) is 2.88. The molecule has 0 atom stereocenters. The molecular formula is C20H20ClFN2O3. The van der Waals surface area contributed by atoms with Crippen molar-refractivity contribution in [2.45, 2.75) is 6.42 Å². The van der Waals surface area contributed by atoms with E-state index in [1.54, 1.807) is 34.1 Å². The van der Waals surface area contributed by atoms with Crippen LogP contribution in [0.2, 0.25) is 5.02 Å². The first-order chi connectivity index (χ1) is 13.0. The SMILES string of the molecule is O=C(CCOc1ccc(F)cc1)N1CCN(C(=O)c2ccc(Cl)cc2)CC1. The monoisotopic (exact) mass is 390 g/mol. The fourth-order valence-corrected chi connectivity index (χ4v) is 3.01. The second-order valence-corrected chi connectivity index (χ2v) is 6.67. The highest BCUT2D eigenvalue weighted by Crippen LogP contribution is 2.14. The normalized spacial score (nSPS) is 14.1. The minimum absolute atomic E-state index is 0.0179. The number of hydrogen-bond acceptors (Lipinski definition) is 3. The van der Waals surface area contributed by atoms with Crippen LogP contribution in [0.25, 0.3) is 0 Å². The average Bonchev–Trinajstić information content (AvgIpc) is 2.69. The Labute approximate surface area is 162 Å². The van der Waals surface area contributed by atoms with E-state index in [0.717, 1.165) is 0 Å². The lowest BCUT2D eigenvalue weighted by atomic mass is 10.2. The van der Waals surface area contributed by atoms with E-state index in [1.807, 2.05) is 0 Å². The van der Waals surface area contributed by atoms with Crippen molar-refractivity contribution in [3.63, 3.8) is 0 Å². The van der Waals surface area contributed by atoms with Crippen LogP contribution in [-0.4, -0.2) is 54.4 Å². The molecule has 0 N–H and O–H groups in total. The van der Waals surface area contributed by atoms with Crippen molar-refractivity contribution in [1.82, 2.24) is 9.80 Å². The van der Waals surface area contributed by atoms with Gasteiger partial charge in [0.1, 0.15) is 11.6 Å². The number of rotatable bonds is 5. The first kappa shape index (κ1) is 19.2. The van der Waals surface area contributed by atoms with Crippen molar-refractivity contribution in [2.24, 2.45) is 0 Å². The summed E-state index contributed by atoms with van der Waals surface area (Å²) in [5, 5.41) is 0.588. The maximum atomic E-state index is 12.8. The number of carbonyl (C=O) groups excluding carboxylic acids is 2. The Bertz CT molecular complexity index is 788. The molecular weight excluding hydrogens is 371 g/mol. The third-order valence-corrected chi connectivity index (χ3v) is 4.66. The summed E-state index contributed by atoms with van der Waals surface area (Å²) in [5.74, 6) is 0.126. The van der Waals surface area contributed by atoms with Gasteiger partial charge in [-0.05, 0) is 48.5 Å². The highest BCUT2D eigenvalue weighted by molar-refractivity contribution is 6.30. The van der Waals surface area contributed by atoms with Gasteiger partial charge in [-0.3, -0.25) is 9.59 Å². The molecule has 2 aromatic carbocycles. The lowest BCUT2D eigenvalue weighted by Gasteiger charge is -2.34. The zero-order chi connectivity index (χ0) is 19.2. The molecule has 27 heavy (non-hydrogen) atoms. The minimum Gasteiger partial charge on any atom is -0.493 e. The largest absolute Gasteiger partial charge is 0.493 e. The van der Waals surface area contributed by atoms with Crippen LogP contribution in [0.15, 0.2) is 48.5 Å². The van der Waals surface area contributed by atoms with Crippen LogP contribution < -0.4 is 4.74 Å². The molecule has 5 nitrogen and oxygen atoms in total. The van der Waals surface area contributed by atoms with Crippen molar-refractivity contribution >= 4 is 23.4 Å². The smallest absolute Gasteiger partial charge is 0.253 e. The molecule has 1 aliphatic heterocycles. The number of amides is 2. The zero-order valence-corrected chi connectivity index (χ0v) is 15.5. The van der Waals surface area contributed by atoms with Crippen LogP contribution in [0.4, 0.5) is 4.39 Å². The molecule has 0 spiro atoms. The number of piperazine rings is 1. The summed E-state index contributed by atoms with van der Waals surface area (Å²) in [6.45, 7) is 2.20. The summed E-state index contributed by atoms with van der Waals surface area (Å²) in [7, 11) is 0. The van der Waals surface area contributed by atoms with E-state index in [1.165, 1.54) is 24.3 Å². The molecule has 7 heteroatoms. The molecule has 0 radical (unpaired) electrons. The molecule has 0 aromatic heterocycles. The molecule has 3 rings (SSSR count). The zero-order valence-electron chi connectivity index (χ0n) is 14.7. The Morgan fingerprint density at radius 2 is 1.52 bits per heavy atom. The Morgan fingerprint density at radius 3 is 2.15 bits per heavy atom. The fraction of sp³-hybridized carbons (Fsp3) is 0.300. The van der Waals surface area contributed by atoms with Gasteiger partial charge in [0.05, 0.1) is 13.0 Å². The lowest BCUT2D eigenvalue weighted by Crippen LogP contribution is -2.50. The predicted molar refractivity (Wildman–Crippen MR) is 100 cm³/mol. The maximum Gasteiger partial charge on any atom is 0.253 e. The van der Waals surface area contributed by atoms with E-state index in [4.69, 9.17) is 16.3 Å². The van der Waals surface area contributed by atoms with E-state index < -0.39 is 0 Å². The van der Waals surface area contributed by atoms with Crippen LogP contribution in [0.3, 0.4) is 0 Å². The second kappa shape index (κ2) is 8.86. The van der Waals surface area contributed by atoms with E-state index in [0.29, 0.717) is 42.5 Å². The molecule has 2 amide bonds. The van der Waals surface area contributed by atoms with Gasteiger partial charge in [-0.25, -0.2) is 4.39 Å². The number of hydrogen-bond donors (Lipinski definition) is 0. The van der Waals surface area contributed by atoms with Gasteiger partial charge < -0.3 is 14.5 Å².